The van der Waals surface area contributed by atoms with Gasteiger partial charge in [-0.3, -0.25) is 9.59 Å². The molecule has 0 spiro atoms. The number of nitrogens with zero attached hydrogens (tertiary/aromatic N) is 3. The predicted octanol–water partition coefficient (Wildman–Crippen LogP) is 2.34. The van der Waals surface area contributed by atoms with Gasteiger partial charge in [0, 0.05) is 31.7 Å². The van der Waals surface area contributed by atoms with E-state index in [9.17, 15) is 9.59 Å². The third kappa shape index (κ3) is 2.96. The first-order chi connectivity index (χ1) is 12.7. The van der Waals surface area contributed by atoms with Crippen LogP contribution in [0.25, 0.3) is 0 Å². The zero-order valence-electron chi connectivity index (χ0n) is 15.4. The number of benzene rings is 1. The van der Waals surface area contributed by atoms with Gasteiger partial charge in [-0.2, -0.15) is 0 Å². The zero-order valence-corrected chi connectivity index (χ0v) is 15.4. The van der Waals surface area contributed by atoms with Crippen molar-refractivity contribution in [1.29, 1.82) is 0 Å². The molecule has 0 aliphatic carbocycles. The average Bonchev–Trinajstić information content (AvgIpc) is 2.94. The molecule has 1 unspecified atom stereocenters. The molecule has 1 aromatic carbocycles. The van der Waals surface area contributed by atoms with Gasteiger partial charge in [-0.15, -0.1) is 0 Å². The van der Waals surface area contributed by atoms with Crippen LogP contribution in [-0.4, -0.2) is 67.2 Å². The number of rotatable bonds is 2. The lowest BCUT2D eigenvalue weighted by molar-refractivity contribution is 0.0302. The highest BCUT2D eigenvalue weighted by atomic mass is 16.5. The molecule has 3 aliphatic heterocycles. The third-order valence-electron chi connectivity index (χ3n) is 5.77. The number of hydrogen-bond donors (Lipinski definition) is 0. The highest BCUT2D eigenvalue weighted by Gasteiger charge is 2.37. The molecule has 2 fully saturated rings. The molecule has 2 amide bonds. The molecule has 2 saturated heterocycles. The number of hydrogen-bond acceptors (Lipinski definition) is 4. The van der Waals surface area contributed by atoms with Gasteiger partial charge in [0.2, 0.25) is 0 Å². The molecule has 140 valence electrons. The molecular weight excluding hydrogens is 330 g/mol. The number of ether oxygens (including phenoxy) is 1. The van der Waals surface area contributed by atoms with Crippen LogP contribution in [0.4, 0.5) is 5.69 Å². The van der Waals surface area contributed by atoms with Crippen molar-refractivity contribution in [3.05, 3.63) is 29.3 Å². The van der Waals surface area contributed by atoms with Crippen molar-refractivity contribution < 1.29 is 14.3 Å². The smallest absolute Gasteiger partial charge is 0.257 e. The fraction of sp³-hybridized carbons (Fsp3) is 0.600. The van der Waals surface area contributed by atoms with E-state index in [2.05, 4.69) is 11.8 Å². The summed E-state index contributed by atoms with van der Waals surface area (Å²) in [4.78, 5) is 32.1. The average molecular weight is 357 g/mol. The number of carbonyl (C=O) groups excluding carboxylic acids is 2. The van der Waals surface area contributed by atoms with Gasteiger partial charge < -0.3 is 19.4 Å². The highest BCUT2D eigenvalue weighted by molar-refractivity contribution is 6.04. The summed E-state index contributed by atoms with van der Waals surface area (Å²) in [6, 6.07) is 5.58. The Labute approximate surface area is 154 Å². The molecule has 0 bridgehead atoms. The van der Waals surface area contributed by atoms with Gasteiger partial charge in [0.15, 0.2) is 0 Å². The van der Waals surface area contributed by atoms with E-state index in [1.54, 1.807) is 6.07 Å². The van der Waals surface area contributed by atoms with Crippen molar-refractivity contribution in [2.24, 2.45) is 0 Å². The topological polar surface area (TPSA) is 53.1 Å². The van der Waals surface area contributed by atoms with Crippen molar-refractivity contribution in [3.8, 4) is 0 Å². The van der Waals surface area contributed by atoms with Crippen LogP contribution in [0.15, 0.2) is 18.2 Å². The molecule has 0 N–H and O–H groups in total. The molecule has 1 atom stereocenters. The molecule has 4 rings (SSSR count). The molecule has 6 nitrogen and oxygen atoms in total. The monoisotopic (exact) mass is 357 g/mol. The van der Waals surface area contributed by atoms with E-state index in [-0.39, 0.29) is 18.0 Å². The fourth-order valence-corrected chi connectivity index (χ4v) is 4.38. The fourth-order valence-electron chi connectivity index (χ4n) is 4.38. The maximum Gasteiger partial charge on any atom is 0.257 e. The Kier molecular flexibility index (Phi) is 4.85. The van der Waals surface area contributed by atoms with Crippen LogP contribution >= 0.6 is 0 Å². The number of fused-ring (bicyclic) bond motifs is 2. The molecule has 1 aromatic rings. The number of anilines is 1. The van der Waals surface area contributed by atoms with Crippen molar-refractivity contribution >= 4 is 17.5 Å². The third-order valence-corrected chi connectivity index (χ3v) is 5.77. The first-order valence-electron chi connectivity index (χ1n) is 9.79. The summed E-state index contributed by atoms with van der Waals surface area (Å²) in [5.41, 5.74) is 2.31. The quantitative estimate of drug-likeness (QED) is 0.815. The molecule has 3 aliphatic rings. The molecule has 3 heterocycles. The normalized spacial score (nSPS) is 23.3. The lowest BCUT2D eigenvalue weighted by Gasteiger charge is -2.45. The molecule has 0 aromatic heterocycles. The first kappa shape index (κ1) is 17.3. The van der Waals surface area contributed by atoms with Crippen molar-refractivity contribution in [2.45, 2.75) is 38.8 Å². The van der Waals surface area contributed by atoms with Crippen molar-refractivity contribution in [2.75, 3.05) is 44.3 Å². The molecule has 26 heavy (non-hydrogen) atoms. The summed E-state index contributed by atoms with van der Waals surface area (Å²) in [6.45, 7) is 6.22. The van der Waals surface area contributed by atoms with Crippen LogP contribution in [0, 0.1) is 0 Å². The van der Waals surface area contributed by atoms with E-state index in [4.69, 9.17) is 4.74 Å². The van der Waals surface area contributed by atoms with Crippen LogP contribution in [0.1, 0.15) is 53.3 Å². The Morgan fingerprint density at radius 2 is 1.96 bits per heavy atom. The van der Waals surface area contributed by atoms with E-state index in [0.717, 1.165) is 43.6 Å². The van der Waals surface area contributed by atoms with Crippen molar-refractivity contribution in [3.63, 3.8) is 0 Å². The summed E-state index contributed by atoms with van der Waals surface area (Å²) in [7, 11) is 0. The SMILES string of the molecule is CCN1c2cc(C(=O)N3CCOCC3)ccc2C(=O)N2CCCCCC21. The van der Waals surface area contributed by atoms with Gasteiger partial charge in [-0.1, -0.05) is 6.42 Å². The summed E-state index contributed by atoms with van der Waals surface area (Å²) >= 11 is 0. The summed E-state index contributed by atoms with van der Waals surface area (Å²) in [5, 5.41) is 0. The highest BCUT2D eigenvalue weighted by Crippen LogP contribution is 2.35. The van der Waals surface area contributed by atoms with E-state index < -0.39 is 0 Å². The summed E-state index contributed by atoms with van der Waals surface area (Å²) in [5.74, 6) is 0.143. The summed E-state index contributed by atoms with van der Waals surface area (Å²) in [6.07, 6.45) is 4.52. The summed E-state index contributed by atoms with van der Waals surface area (Å²) < 4.78 is 5.34. The van der Waals surface area contributed by atoms with Crippen LogP contribution in [-0.2, 0) is 4.74 Å². The molecule has 0 radical (unpaired) electrons. The second-order valence-electron chi connectivity index (χ2n) is 7.25. The Morgan fingerprint density at radius 3 is 2.73 bits per heavy atom. The maximum atomic E-state index is 13.0. The van der Waals surface area contributed by atoms with E-state index in [1.165, 1.54) is 6.42 Å². The minimum absolute atomic E-state index is 0.0305. The van der Waals surface area contributed by atoms with Crippen molar-refractivity contribution in [1.82, 2.24) is 9.80 Å². The van der Waals surface area contributed by atoms with Gasteiger partial charge in [0.05, 0.1) is 24.5 Å². The Bertz CT molecular complexity index is 700. The molecule has 6 heteroatoms. The van der Waals surface area contributed by atoms with Crippen LogP contribution in [0.3, 0.4) is 0 Å². The molecular formula is C20H27N3O3. The maximum absolute atomic E-state index is 13.0. The Balaban J connectivity index is 1.68. The lowest BCUT2D eigenvalue weighted by atomic mass is 10.0. The van der Waals surface area contributed by atoms with E-state index in [0.29, 0.717) is 31.9 Å². The van der Waals surface area contributed by atoms with Crippen LogP contribution < -0.4 is 4.90 Å². The van der Waals surface area contributed by atoms with Gasteiger partial charge >= 0.3 is 0 Å². The predicted molar refractivity (Wildman–Crippen MR) is 99.5 cm³/mol. The van der Waals surface area contributed by atoms with Gasteiger partial charge in [0.25, 0.3) is 11.8 Å². The Hall–Kier alpha value is -2.08. The number of morpholine rings is 1. The van der Waals surface area contributed by atoms with E-state index in [1.807, 2.05) is 21.9 Å². The molecule has 0 saturated carbocycles. The van der Waals surface area contributed by atoms with E-state index >= 15 is 0 Å². The number of amides is 2. The lowest BCUT2D eigenvalue weighted by Crippen LogP contribution is -2.55. The second-order valence-corrected chi connectivity index (χ2v) is 7.25. The first-order valence-corrected chi connectivity index (χ1v) is 9.79. The van der Waals surface area contributed by atoms with Gasteiger partial charge in [0.1, 0.15) is 6.17 Å². The minimum Gasteiger partial charge on any atom is -0.378 e. The standard InChI is InChI=1S/C20H27N3O3/c1-2-22-17-14-15(19(24)21-10-12-26-13-11-21)7-8-16(17)20(25)23-9-5-3-4-6-18(22)23/h7-8,14,18H,2-6,9-13H2,1H3. The van der Waals surface area contributed by atoms with Crippen LogP contribution in [0.2, 0.25) is 0 Å². The second kappa shape index (κ2) is 7.27. The largest absolute Gasteiger partial charge is 0.378 e. The zero-order chi connectivity index (χ0) is 18.1. The number of carbonyl (C=O) groups is 2. The van der Waals surface area contributed by atoms with Crippen LogP contribution in [0.5, 0.6) is 0 Å². The van der Waals surface area contributed by atoms with Gasteiger partial charge in [-0.25, -0.2) is 0 Å². The van der Waals surface area contributed by atoms with Gasteiger partial charge in [-0.05, 0) is 44.4 Å². The Morgan fingerprint density at radius 1 is 1.15 bits per heavy atom. The minimum atomic E-state index is 0.0305.